The van der Waals surface area contributed by atoms with Crippen LogP contribution < -0.4 is 4.74 Å². The van der Waals surface area contributed by atoms with Gasteiger partial charge in [0.05, 0.1) is 13.0 Å². The highest BCUT2D eigenvalue weighted by molar-refractivity contribution is 6.13. The number of ether oxygens (including phenoxy) is 1. The molecule has 5 rings (SSSR count). The van der Waals surface area contributed by atoms with Gasteiger partial charge >= 0.3 is 0 Å². The van der Waals surface area contributed by atoms with Gasteiger partial charge < -0.3 is 9.30 Å². The summed E-state index contributed by atoms with van der Waals surface area (Å²) >= 11 is 0. The Morgan fingerprint density at radius 3 is 1.77 bits per heavy atom. The summed E-state index contributed by atoms with van der Waals surface area (Å²) < 4.78 is 8.29. The maximum atomic E-state index is 12.5. The van der Waals surface area contributed by atoms with Crippen LogP contribution in [0.5, 0.6) is 5.75 Å². The summed E-state index contributed by atoms with van der Waals surface area (Å²) in [4.78, 5) is 24.8. The summed E-state index contributed by atoms with van der Waals surface area (Å²) in [5.74, 6) is 0.378. The number of aromatic nitrogens is 1. The Balaban J connectivity index is 1.12. The lowest BCUT2D eigenvalue weighted by molar-refractivity contribution is 0.0894. The van der Waals surface area contributed by atoms with Crippen LogP contribution in [0.4, 0.5) is 0 Å². The highest BCUT2D eigenvalue weighted by Gasteiger charge is 2.14. The highest BCUT2D eigenvalue weighted by atomic mass is 16.5. The second kappa shape index (κ2) is 10.4. The Morgan fingerprint density at radius 1 is 0.600 bits per heavy atom. The number of carbonyl (C=O) groups is 2. The van der Waals surface area contributed by atoms with Crippen LogP contribution in [0.2, 0.25) is 0 Å². The molecule has 0 aliphatic rings. The Kier molecular flexibility index (Phi) is 6.71. The van der Waals surface area contributed by atoms with Gasteiger partial charge in [-0.05, 0) is 49.2 Å². The Bertz CT molecular complexity index is 1410. The molecule has 0 amide bonds. The number of rotatable bonds is 10. The molecular formula is C31H27NO3. The number of nitrogens with zero attached hydrogens (tertiary/aromatic N) is 1. The lowest BCUT2D eigenvalue weighted by Crippen LogP contribution is -2.08. The van der Waals surface area contributed by atoms with E-state index in [2.05, 4.69) is 53.1 Å². The molecule has 4 aromatic carbocycles. The van der Waals surface area contributed by atoms with E-state index in [1.54, 1.807) is 48.5 Å². The Hall–Kier alpha value is -4.18. The van der Waals surface area contributed by atoms with Crippen molar-refractivity contribution in [3.05, 3.63) is 114 Å². The molecule has 0 aliphatic heterocycles. The van der Waals surface area contributed by atoms with Crippen LogP contribution in [-0.2, 0) is 6.54 Å². The van der Waals surface area contributed by atoms with E-state index in [4.69, 9.17) is 4.74 Å². The molecule has 0 saturated carbocycles. The smallest absolute Gasteiger partial charge is 0.170 e. The van der Waals surface area contributed by atoms with E-state index >= 15 is 0 Å². The third-order valence-corrected chi connectivity index (χ3v) is 6.32. The first-order valence-electron chi connectivity index (χ1n) is 12.0. The van der Waals surface area contributed by atoms with Gasteiger partial charge in [-0.3, -0.25) is 9.59 Å². The van der Waals surface area contributed by atoms with Crippen molar-refractivity contribution in [1.82, 2.24) is 4.57 Å². The Morgan fingerprint density at radius 2 is 1.14 bits per heavy atom. The van der Waals surface area contributed by atoms with Gasteiger partial charge in [-0.2, -0.15) is 0 Å². The summed E-state index contributed by atoms with van der Waals surface area (Å²) in [6, 6.07) is 33.1. The van der Waals surface area contributed by atoms with Gasteiger partial charge in [0.15, 0.2) is 11.6 Å². The molecule has 0 fully saturated rings. The molecule has 1 heterocycles. The third-order valence-electron chi connectivity index (χ3n) is 6.32. The second-order valence-corrected chi connectivity index (χ2v) is 8.66. The number of para-hydroxylation sites is 2. The molecule has 5 aromatic rings. The van der Waals surface area contributed by atoms with Crippen molar-refractivity contribution in [2.75, 3.05) is 6.61 Å². The number of Topliss-reactive ketones (excluding diaryl/α,β-unsaturated/α-hetero) is 2. The lowest BCUT2D eigenvalue weighted by atomic mass is 10.0. The quantitative estimate of drug-likeness (QED) is 0.126. The predicted octanol–water partition coefficient (Wildman–Crippen LogP) is 7.11. The van der Waals surface area contributed by atoms with Gasteiger partial charge in [-0.25, -0.2) is 0 Å². The van der Waals surface area contributed by atoms with Gasteiger partial charge in [0.25, 0.3) is 0 Å². The van der Waals surface area contributed by atoms with Gasteiger partial charge in [-0.15, -0.1) is 0 Å². The maximum absolute atomic E-state index is 12.5. The minimum atomic E-state index is -0.184. The fourth-order valence-corrected chi connectivity index (χ4v) is 4.52. The standard InChI is InChI=1S/C31H27NO3/c33-30(23-10-2-1-3-11-23)22-31(34)24-16-18-25(19-17-24)35-21-9-8-20-32-28-14-6-4-12-26(28)27-13-5-7-15-29(27)32/h1-7,10-19H,8-9,20-22H2. The van der Waals surface area contributed by atoms with Gasteiger partial charge in [0.1, 0.15) is 5.75 Å². The molecule has 174 valence electrons. The first-order valence-corrected chi connectivity index (χ1v) is 12.0. The van der Waals surface area contributed by atoms with Gasteiger partial charge in [-0.1, -0.05) is 66.7 Å². The van der Waals surface area contributed by atoms with Crippen LogP contribution >= 0.6 is 0 Å². The molecule has 0 atom stereocenters. The summed E-state index contributed by atoms with van der Waals surface area (Å²) in [5.41, 5.74) is 3.61. The average molecular weight is 462 g/mol. The maximum Gasteiger partial charge on any atom is 0.170 e. The monoisotopic (exact) mass is 461 g/mol. The minimum Gasteiger partial charge on any atom is -0.494 e. The fourth-order valence-electron chi connectivity index (χ4n) is 4.52. The molecule has 0 aliphatic carbocycles. The molecule has 0 radical (unpaired) electrons. The zero-order chi connectivity index (χ0) is 24.0. The summed E-state index contributed by atoms with van der Waals surface area (Å²) in [6.07, 6.45) is 1.79. The summed E-state index contributed by atoms with van der Waals surface area (Å²) in [6.45, 7) is 1.54. The van der Waals surface area contributed by atoms with E-state index in [0.717, 1.165) is 25.1 Å². The number of fused-ring (bicyclic) bond motifs is 3. The molecular weight excluding hydrogens is 434 g/mol. The fraction of sp³-hybridized carbons (Fsp3) is 0.161. The van der Waals surface area contributed by atoms with E-state index < -0.39 is 0 Å². The highest BCUT2D eigenvalue weighted by Crippen LogP contribution is 2.29. The van der Waals surface area contributed by atoms with Crippen molar-refractivity contribution in [1.29, 1.82) is 0 Å². The van der Waals surface area contributed by atoms with Crippen LogP contribution in [-0.4, -0.2) is 22.7 Å². The summed E-state index contributed by atoms with van der Waals surface area (Å²) in [7, 11) is 0. The third kappa shape index (κ3) is 5.02. The topological polar surface area (TPSA) is 48.3 Å². The number of aryl methyl sites for hydroxylation is 1. The minimum absolute atomic E-state index is 0.132. The molecule has 0 N–H and O–H groups in total. The van der Waals surface area contributed by atoms with E-state index in [9.17, 15) is 9.59 Å². The van der Waals surface area contributed by atoms with E-state index in [1.165, 1.54) is 21.8 Å². The van der Waals surface area contributed by atoms with Gasteiger partial charge in [0.2, 0.25) is 0 Å². The van der Waals surface area contributed by atoms with Crippen molar-refractivity contribution >= 4 is 33.4 Å². The van der Waals surface area contributed by atoms with Crippen molar-refractivity contribution in [3.63, 3.8) is 0 Å². The van der Waals surface area contributed by atoms with Crippen molar-refractivity contribution in [2.24, 2.45) is 0 Å². The largest absolute Gasteiger partial charge is 0.494 e. The Labute approximate surface area is 204 Å². The van der Waals surface area contributed by atoms with Gasteiger partial charge in [0, 0.05) is 39.5 Å². The molecule has 1 aromatic heterocycles. The first kappa shape index (κ1) is 22.6. The number of benzene rings is 4. The number of ketones is 2. The van der Waals surface area contributed by atoms with Crippen LogP contribution in [0, 0.1) is 0 Å². The predicted molar refractivity (Wildman–Crippen MR) is 140 cm³/mol. The average Bonchev–Trinajstić information content (AvgIpc) is 3.23. The van der Waals surface area contributed by atoms with E-state index in [1.807, 2.05) is 6.07 Å². The normalized spacial score (nSPS) is 11.1. The number of hydrogen-bond donors (Lipinski definition) is 0. The number of hydrogen-bond acceptors (Lipinski definition) is 3. The SMILES string of the molecule is O=C(CC(=O)c1ccc(OCCCCn2c3ccccc3c3ccccc32)cc1)c1ccccc1. The lowest BCUT2D eigenvalue weighted by Gasteiger charge is -2.09. The first-order chi connectivity index (χ1) is 17.2. The number of unbranched alkanes of at least 4 members (excludes halogenated alkanes) is 1. The van der Waals surface area contributed by atoms with Crippen LogP contribution in [0.25, 0.3) is 21.8 Å². The number of carbonyl (C=O) groups excluding carboxylic acids is 2. The van der Waals surface area contributed by atoms with Crippen molar-refractivity contribution in [3.8, 4) is 5.75 Å². The molecule has 0 bridgehead atoms. The molecule has 0 spiro atoms. The second-order valence-electron chi connectivity index (χ2n) is 8.66. The zero-order valence-electron chi connectivity index (χ0n) is 19.5. The molecule has 35 heavy (non-hydrogen) atoms. The van der Waals surface area contributed by atoms with Crippen LogP contribution in [0.3, 0.4) is 0 Å². The van der Waals surface area contributed by atoms with Crippen LogP contribution in [0.15, 0.2) is 103 Å². The molecule has 4 heteroatoms. The zero-order valence-corrected chi connectivity index (χ0v) is 19.5. The van der Waals surface area contributed by atoms with Crippen molar-refractivity contribution < 1.29 is 14.3 Å². The van der Waals surface area contributed by atoms with E-state index in [-0.39, 0.29) is 18.0 Å². The molecule has 0 saturated heterocycles. The molecule has 0 unspecified atom stereocenters. The van der Waals surface area contributed by atoms with Crippen LogP contribution in [0.1, 0.15) is 40.0 Å². The van der Waals surface area contributed by atoms with Crippen molar-refractivity contribution in [2.45, 2.75) is 25.8 Å². The molecule has 4 nitrogen and oxygen atoms in total. The van der Waals surface area contributed by atoms with E-state index in [0.29, 0.717) is 17.7 Å². The summed E-state index contributed by atoms with van der Waals surface area (Å²) in [5, 5.41) is 2.58.